The van der Waals surface area contributed by atoms with Crippen molar-refractivity contribution in [3.05, 3.63) is 24.0 Å². The number of sulfonamides is 1. The number of carbonyl (C=O) groups is 1. The fraction of sp³-hybridized carbons (Fsp3) is 0.455. The van der Waals surface area contributed by atoms with Crippen molar-refractivity contribution >= 4 is 21.7 Å². The highest BCUT2D eigenvalue weighted by Gasteiger charge is 2.21. The average Bonchev–Trinajstić information content (AvgIpc) is 2.12. The van der Waals surface area contributed by atoms with Gasteiger partial charge in [0.05, 0.1) is 11.4 Å². The van der Waals surface area contributed by atoms with Crippen LogP contribution in [0.2, 0.25) is 0 Å². The molecule has 1 rings (SSSR count). The largest absolute Gasteiger partial charge is 0.477 e. The molecule has 18 heavy (non-hydrogen) atoms. The maximum atomic E-state index is 11.8. The third-order valence-corrected chi connectivity index (χ3v) is 3.67. The number of rotatable bonds is 4. The molecule has 0 aliphatic carbocycles. The third kappa shape index (κ3) is 4.70. The number of aromatic carboxylic acids is 1. The molecule has 7 heteroatoms. The molecule has 1 aromatic heterocycles. The van der Waals surface area contributed by atoms with Crippen molar-refractivity contribution in [3.8, 4) is 0 Å². The minimum atomic E-state index is -3.51. The molecule has 0 saturated heterocycles. The van der Waals surface area contributed by atoms with Gasteiger partial charge in [-0.2, -0.15) is 0 Å². The molecule has 0 unspecified atom stereocenters. The Morgan fingerprint density at radius 3 is 2.56 bits per heavy atom. The van der Waals surface area contributed by atoms with E-state index in [1.807, 2.05) is 20.8 Å². The standard InChI is InChI=1S/C11H16N2O4S/c1-11(2,3)7-18(16,17)13-8-4-5-12-9(6-8)10(14)15/h4-6H,7H2,1-3H3,(H,12,13)(H,14,15). The molecular formula is C11H16N2O4S. The van der Waals surface area contributed by atoms with Crippen LogP contribution >= 0.6 is 0 Å². The number of carboxylic acids is 1. The second-order valence-electron chi connectivity index (χ2n) is 5.16. The average molecular weight is 272 g/mol. The Balaban J connectivity index is 2.91. The van der Waals surface area contributed by atoms with E-state index in [0.717, 1.165) is 0 Å². The summed E-state index contributed by atoms with van der Waals surface area (Å²) in [4.78, 5) is 14.3. The Morgan fingerprint density at radius 1 is 1.44 bits per heavy atom. The molecule has 0 aliphatic heterocycles. The van der Waals surface area contributed by atoms with Gasteiger partial charge in [0.15, 0.2) is 0 Å². The lowest BCUT2D eigenvalue weighted by Gasteiger charge is -2.18. The first-order chi connectivity index (χ1) is 8.09. The van der Waals surface area contributed by atoms with Crippen LogP contribution in [0.25, 0.3) is 0 Å². The van der Waals surface area contributed by atoms with E-state index in [2.05, 4.69) is 9.71 Å². The summed E-state index contributed by atoms with van der Waals surface area (Å²) in [6, 6.07) is 2.59. The Morgan fingerprint density at radius 2 is 2.06 bits per heavy atom. The van der Waals surface area contributed by atoms with Gasteiger partial charge in [-0.25, -0.2) is 18.2 Å². The lowest BCUT2D eigenvalue weighted by atomic mass is 10.0. The highest BCUT2D eigenvalue weighted by molar-refractivity contribution is 7.92. The minimum Gasteiger partial charge on any atom is -0.477 e. The molecule has 2 N–H and O–H groups in total. The van der Waals surface area contributed by atoms with Crippen LogP contribution in [0.4, 0.5) is 5.69 Å². The van der Waals surface area contributed by atoms with Crippen LogP contribution in [0.3, 0.4) is 0 Å². The van der Waals surface area contributed by atoms with Gasteiger partial charge in [-0.1, -0.05) is 20.8 Å². The van der Waals surface area contributed by atoms with Crippen LogP contribution in [-0.4, -0.2) is 30.2 Å². The minimum absolute atomic E-state index is 0.0509. The summed E-state index contributed by atoms with van der Waals surface area (Å²) in [5.41, 5.74) is -0.383. The van der Waals surface area contributed by atoms with Crippen molar-refractivity contribution < 1.29 is 18.3 Å². The number of aromatic nitrogens is 1. The van der Waals surface area contributed by atoms with E-state index in [4.69, 9.17) is 5.11 Å². The summed E-state index contributed by atoms with van der Waals surface area (Å²) < 4.78 is 26.0. The van der Waals surface area contributed by atoms with E-state index < -0.39 is 16.0 Å². The number of hydrogen-bond acceptors (Lipinski definition) is 4. The van der Waals surface area contributed by atoms with Gasteiger partial charge in [-0.05, 0) is 17.5 Å². The smallest absolute Gasteiger partial charge is 0.354 e. The van der Waals surface area contributed by atoms with E-state index in [9.17, 15) is 13.2 Å². The van der Waals surface area contributed by atoms with E-state index in [-0.39, 0.29) is 22.5 Å². The molecule has 0 spiro atoms. The Bertz CT molecular complexity index is 546. The zero-order chi connectivity index (χ0) is 14.0. The first-order valence-electron chi connectivity index (χ1n) is 5.29. The van der Waals surface area contributed by atoms with Crippen molar-refractivity contribution in [2.45, 2.75) is 20.8 Å². The first kappa shape index (κ1) is 14.4. The maximum Gasteiger partial charge on any atom is 0.354 e. The zero-order valence-electron chi connectivity index (χ0n) is 10.5. The van der Waals surface area contributed by atoms with Crippen molar-refractivity contribution in [1.29, 1.82) is 0 Å². The summed E-state index contributed by atoms with van der Waals surface area (Å²) in [5.74, 6) is -1.25. The Kier molecular flexibility index (Phi) is 3.95. The SMILES string of the molecule is CC(C)(C)CS(=O)(=O)Nc1ccnc(C(=O)O)c1. The van der Waals surface area contributed by atoms with E-state index >= 15 is 0 Å². The summed E-state index contributed by atoms with van der Waals surface area (Å²) in [6.45, 7) is 5.42. The van der Waals surface area contributed by atoms with Gasteiger partial charge in [0.25, 0.3) is 0 Å². The number of pyridine rings is 1. The van der Waals surface area contributed by atoms with Gasteiger partial charge in [-0.15, -0.1) is 0 Å². The predicted octanol–water partition coefficient (Wildman–Crippen LogP) is 1.57. The lowest BCUT2D eigenvalue weighted by Crippen LogP contribution is -2.26. The normalized spacial score (nSPS) is 12.2. The van der Waals surface area contributed by atoms with E-state index in [0.29, 0.717) is 0 Å². The monoisotopic (exact) mass is 272 g/mol. The number of nitrogens with one attached hydrogen (secondary N) is 1. The van der Waals surface area contributed by atoms with E-state index in [1.165, 1.54) is 18.3 Å². The molecule has 1 aromatic rings. The molecule has 0 bridgehead atoms. The van der Waals surface area contributed by atoms with Crippen molar-refractivity contribution in [1.82, 2.24) is 4.98 Å². The number of hydrogen-bond donors (Lipinski definition) is 2. The van der Waals surface area contributed by atoms with Crippen LogP contribution < -0.4 is 4.72 Å². The van der Waals surface area contributed by atoms with Gasteiger partial charge in [-0.3, -0.25) is 4.72 Å². The molecule has 0 aliphatic rings. The van der Waals surface area contributed by atoms with Crippen LogP contribution in [0.15, 0.2) is 18.3 Å². The zero-order valence-corrected chi connectivity index (χ0v) is 11.3. The summed E-state index contributed by atoms with van der Waals surface area (Å²) in [5, 5.41) is 8.75. The van der Waals surface area contributed by atoms with Crippen molar-refractivity contribution in [2.24, 2.45) is 5.41 Å². The van der Waals surface area contributed by atoms with Gasteiger partial charge >= 0.3 is 5.97 Å². The van der Waals surface area contributed by atoms with E-state index in [1.54, 1.807) is 0 Å². The number of anilines is 1. The molecule has 0 fully saturated rings. The molecule has 0 radical (unpaired) electrons. The highest BCUT2D eigenvalue weighted by atomic mass is 32.2. The number of nitrogens with zero attached hydrogens (tertiary/aromatic N) is 1. The summed E-state index contributed by atoms with van der Waals surface area (Å²) in [7, 11) is -3.51. The van der Waals surface area contributed by atoms with Crippen molar-refractivity contribution in [2.75, 3.05) is 10.5 Å². The molecule has 0 saturated carbocycles. The van der Waals surface area contributed by atoms with Crippen LogP contribution in [0.5, 0.6) is 0 Å². The topological polar surface area (TPSA) is 96.4 Å². The van der Waals surface area contributed by atoms with Crippen LogP contribution in [-0.2, 0) is 10.0 Å². The second kappa shape index (κ2) is 4.93. The quantitative estimate of drug-likeness (QED) is 0.867. The number of carboxylic acid groups (broad SMARTS) is 1. The molecule has 0 aromatic carbocycles. The molecule has 0 amide bonds. The Hall–Kier alpha value is -1.63. The van der Waals surface area contributed by atoms with Gasteiger partial charge < -0.3 is 5.11 Å². The molecular weight excluding hydrogens is 256 g/mol. The Labute approximate surface area is 106 Å². The van der Waals surface area contributed by atoms with Gasteiger partial charge in [0.2, 0.25) is 10.0 Å². The van der Waals surface area contributed by atoms with Crippen LogP contribution in [0, 0.1) is 5.41 Å². The lowest BCUT2D eigenvalue weighted by molar-refractivity contribution is 0.0690. The highest BCUT2D eigenvalue weighted by Crippen LogP contribution is 2.18. The second-order valence-corrected chi connectivity index (χ2v) is 6.88. The van der Waals surface area contributed by atoms with Gasteiger partial charge in [0.1, 0.15) is 5.69 Å². The molecule has 1 heterocycles. The molecule has 100 valence electrons. The fourth-order valence-corrected chi connectivity index (χ4v) is 3.10. The summed E-state index contributed by atoms with van der Waals surface area (Å²) >= 11 is 0. The van der Waals surface area contributed by atoms with Crippen molar-refractivity contribution in [3.63, 3.8) is 0 Å². The first-order valence-corrected chi connectivity index (χ1v) is 6.94. The summed E-state index contributed by atoms with van der Waals surface area (Å²) in [6.07, 6.45) is 1.25. The fourth-order valence-electron chi connectivity index (χ4n) is 1.40. The van der Waals surface area contributed by atoms with Gasteiger partial charge in [0, 0.05) is 6.20 Å². The molecule has 0 atom stereocenters. The molecule has 6 nitrogen and oxygen atoms in total. The van der Waals surface area contributed by atoms with Crippen LogP contribution in [0.1, 0.15) is 31.3 Å². The third-order valence-electron chi connectivity index (χ3n) is 1.88. The maximum absolute atomic E-state index is 11.8. The predicted molar refractivity (Wildman–Crippen MR) is 68.1 cm³/mol.